The number of rotatable bonds is 5. The summed E-state index contributed by atoms with van der Waals surface area (Å²) >= 11 is 0. The second kappa shape index (κ2) is 5.65. The fraction of sp³-hybridized carbons (Fsp3) is 0.636. The molecule has 0 radical (unpaired) electrons. The summed E-state index contributed by atoms with van der Waals surface area (Å²) in [5, 5.41) is 9.51. The Morgan fingerprint density at radius 1 is 1.56 bits per heavy atom. The largest absolute Gasteiger partial charge is 0.349 e. The molecule has 16 heavy (non-hydrogen) atoms. The lowest BCUT2D eigenvalue weighted by molar-refractivity contribution is -0.126. The smallest absolute Gasteiger partial charge is 0.225 e. The fourth-order valence-corrected chi connectivity index (χ4v) is 1.58. The normalized spacial score (nSPS) is 14.8. The summed E-state index contributed by atoms with van der Waals surface area (Å²) < 4.78 is 0. The Hall–Kier alpha value is -1.36. The summed E-state index contributed by atoms with van der Waals surface area (Å²) in [6.07, 6.45) is 3.48. The highest BCUT2D eigenvalue weighted by Crippen LogP contribution is 2.14. The molecule has 1 aromatic heterocycles. The first kappa shape index (κ1) is 12.7. The number of aromatic nitrogens is 2. The van der Waals surface area contributed by atoms with Gasteiger partial charge in [-0.15, -0.1) is 0 Å². The van der Waals surface area contributed by atoms with Crippen molar-refractivity contribution in [1.82, 2.24) is 15.5 Å². The molecule has 5 heteroatoms. The van der Waals surface area contributed by atoms with Crippen LogP contribution in [0.1, 0.15) is 32.4 Å². The van der Waals surface area contributed by atoms with E-state index in [9.17, 15) is 4.79 Å². The van der Waals surface area contributed by atoms with Crippen molar-refractivity contribution in [3.63, 3.8) is 0 Å². The molecule has 0 saturated carbocycles. The molecular weight excluding hydrogens is 204 g/mol. The topological polar surface area (TPSA) is 83.8 Å². The van der Waals surface area contributed by atoms with E-state index >= 15 is 0 Å². The van der Waals surface area contributed by atoms with E-state index in [1.165, 1.54) is 0 Å². The molecule has 1 rings (SSSR count). The molecule has 0 aliphatic rings. The second-order valence-corrected chi connectivity index (χ2v) is 4.35. The van der Waals surface area contributed by atoms with Crippen molar-refractivity contribution >= 4 is 5.91 Å². The Balaban J connectivity index is 2.57. The molecule has 1 aromatic rings. The van der Waals surface area contributed by atoms with Gasteiger partial charge in [-0.05, 0) is 12.8 Å². The number of hydrogen-bond acceptors (Lipinski definition) is 3. The molecule has 1 amide bonds. The maximum atomic E-state index is 11.9. The molecule has 0 fully saturated rings. The van der Waals surface area contributed by atoms with Crippen molar-refractivity contribution in [3.05, 3.63) is 18.0 Å². The monoisotopic (exact) mass is 224 g/mol. The lowest BCUT2D eigenvalue weighted by Gasteiger charge is -2.21. The molecule has 90 valence electrons. The van der Waals surface area contributed by atoms with Crippen molar-refractivity contribution < 1.29 is 4.79 Å². The van der Waals surface area contributed by atoms with Gasteiger partial charge in [0, 0.05) is 18.3 Å². The Labute approximate surface area is 95.8 Å². The summed E-state index contributed by atoms with van der Waals surface area (Å²) in [7, 11) is 0. The van der Waals surface area contributed by atoms with Gasteiger partial charge in [-0.1, -0.05) is 13.8 Å². The minimum Gasteiger partial charge on any atom is -0.349 e. The molecule has 0 aliphatic carbocycles. The van der Waals surface area contributed by atoms with E-state index in [0.29, 0.717) is 6.54 Å². The van der Waals surface area contributed by atoms with Crippen LogP contribution in [0.2, 0.25) is 0 Å². The van der Waals surface area contributed by atoms with E-state index in [2.05, 4.69) is 15.5 Å². The van der Waals surface area contributed by atoms with Crippen molar-refractivity contribution in [3.8, 4) is 0 Å². The summed E-state index contributed by atoms with van der Waals surface area (Å²) in [5.41, 5.74) is 6.56. The van der Waals surface area contributed by atoms with Gasteiger partial charge in [-0.3, -0.25) is 9.89 Å². The highest BCUT2D eigenvalue weighted by molar-refractivity contribution is 5.79. The van der Waals surface area contributed by atoms with Gasteiger partial charge >= 0.3 is 0 Å². The second-order valence-electron chi connectivity index (χ2n) is 4.35. The van der Waals surface area contributed by atoms with Crippen LogP contribution in [0.25, 0.3) is 0 Å². The maximum absolute atomic E-state index is 11.9. The fourth-order valence-electron chi connectivity index (χ4n) is 1.58. The van der Waals surface area contributed by atoms with E-state index < -0.39 is 0 Å². The van der Waals surface area contributed by atoms with E-state index in [1.807, 2.05) is 20.8 Å². The van der Waals surface area contributed by atoms with Crippen LogP contribution in [0.5, 0.6) is 0 Å². The number of nitrogens with zero attached hydrogens (tertiary/aromatic N) is 1. The van der Waals surface area contributed by atoms with Gasteiger partial charge in [0.1, 0.15) is 0 Å². The maximum Gasteiger partial charge on any atom is 0.225 e. The van der Waals surface area contributed by atoms with Gasteiger partial charge in [0.05, 0.1) is 18.2 Å². The molecule has 2 unspecified atom stereocenters. The van der Waals surface area contributed by atoms with Crippen molar-refractivity contribution in [2.75, 3.05) is 6.54 Å². The van der Waals surface area contributed by atoms with E-state index in [0.717, 1.165) is 5.56 Å². The number of aromatic amines is 1. The van der Waals surface area contributed by atoms with Gasteiger partial charge in [-0.2, -0.15) is 5.10 Å². The quantitative estimate of drug-likeness (QED) is 0.692. The minimum absolute atomic E-state index is 0.00574. The Morgan fingerprint density at radius 2 is 2.25 bits per heavy atom. The van der Waals surface area contributed by atoms with Crippen molar-refractivity contribution in [2.45, 2.75) is 26.8 Å². The van der Waals surface area contributed by atoms with E-state index in [1.54, 1.807) is 12.4 Å². The number of amides is 1. The van der Waals surface area contributed by atoms with Gasteiger partial charge in [0.15, 0.2) is 0 Å². The Kier molecular flexibility index (Phi) is 4.49. The number of carbonyl (C=O) groups excluding carboxylic acids is 1. The molecule has 0 aliphatic heterocycles. The first-order valence-corrected chi connectivity index (χ1v) is 5.55. The van der Waals surface area contributed by atoms with E-state index in [4.69, 9.17) is 5.73 Å². The predicted molar refractivity (Wildman–Crippen MR) is 62.5 cm³/mol. The van der Waals surface area contributed by atoms with Crippen LogP contribution in [0.4, 0.5) is 0 Å². The molecule has 1 heterocycles. The zero-order valence-electron chi connectivity index (χ0n) is 10.0. The molecule has 0 spiro atoms. The highest BCUT2D eigenvalue weighted by Gasteiger charge is 2.22. The summed E-state index contributed by atoms with van der Waals surface area (Å²) in [6, 6.07) is -0.0425. The Bertz CT molecular complexity index is 321. The summed E-state index contributed by atoms with van der Waals surface area (Å²) in [5.74, 6) is 0.127. The number of nitrogens with one attached hydrogen (secondary N) is 2. The third-order valence-corrected chi connectivity index (χ3v) is 2.77. The Morgan fingerprint density at radius 3 is 2.69 bits per heavy atom. The molecule has 2 atom stereocenters. The van der Waals surface area contributed by atoms with Gasteiger partial charge < -0.3 is 11.1 Å². The van der Waals surface area contributed by atoms with Crippen molar-refractivity contribution in [2.24, 2.45) is 17.6 Å². The van der Waals surface area contributed by atoms with Gasteiger partial charge in [0.25, 0.3) is 0 Å². The third-order valence-electron chi connectivity index (χ3n) is 2.77. The standard InChI is InChI=1S/C11H20N4O/c1-7(2)10(4-12)11(16)15-8(3)9-5-13-14-6-9/h5-8,10H,4,12H2,1-3H3,(H,13,14)(H,15,16). The van der Waals surface area contributed by atoms with Crippen LogP contribution < -0.4 is 11.1 Å². The SMILES string of the molecule is CC(NC(=O)C(CN)C(C)C)c1cn[nH]c1. The number of nitrogens with two attached hydrogens (primary N) is 1. The average molecular weight is 224 g/mol. The molecule has 4 N–H and O–H groups in total. The summed E-state index contributed by atoms with van der Waals surface area (Å²) in [4.78, 5) is 11.9. The first-order chi connectivity index (χ1) is 7.56. The number of hydrogen-bond donors (Lipinski definition) is 3. The van der Waals surface area contributed by atoms with Crippen LogP contribution in [-0.4, -0.2) is 22.6 Å². The zero-order chi connectivity index (χ0) is 12.1. The molecular formula is C11H20N4O. The first-order valence-electron chi connectivity index (χ1n) is 5.55. The van der Waals surface area contributed by atoms with Crippen LogP contribution in [0.3, 0.4) is 0 Å². The minimum atomic E-state index is -0.130. The van der Waals surface area contributed by atoms with Crippen LogP contribution in [0.15, 0.2) is 12.4 Å². The van der Waals surface area contributed by atoms with Crippen LogP contribution in [-0.2, 0) is 4.79 Å². The van der Waals surface area contributed by atoms with Crippen LogP contribution >= 0.6 is 0 Å². The molecule has 0 aromatic carbocycles. The number of carbonyl (C=O) groups is 1. The average Bonchev–Trinajstić information content (AvgIpc) is 2.70. The third kappa shape index (κ3) is 3.06. The summed E-state index contributed by atoms with van der Waals surface area (Å²) in [6.45, 7) is 6.30. The molecule has 0 bridgehead atoms. The van der Waals surface area contributed by atoms with Gasteiger partial charge in [0.2, 0.25) is 5.91 Å². The van der Waals surface area contributed by atoms with Crippen LogP contribution in [0, 0.1) is 11.8 Å². The zero-order valence-corrected chi connectivity index (χ0v) is 10.0. The van der Waals surface area contributed by atoms with Crippen molar-refractivity contribution in [1.29, 1.82) is 0 Å². The lowest BCUT2D eigenvalue weighted by atomic mass is 9.94. The van der Waals surface area contributed by atoms with Gasteiger partial charge in [-0.25, -0.2) is 0 Å². The lowest BCUT2D eigenvalue weighted by Crippen LogP contribution is -2.39. The van der Waals surface area contributed by atoms with E-state index in [-0.39, 0.29) is 23.8 Å². The highest BCUT2D eigenvalue weighted by atomic mass is 16.2. The molecule has 5 nitrogen and oxygen atoms in total. The molecule has 0 saturated heterocycles. The predicted octanol–water partition coefficient (Wildman–Crippen LogP) is 0.818. The number of H-pyrrole nitrogens is 1.